The highest BCUT2D eigenvalue weighted by atomic mass is 16.1. The Bertz CT molecular complexity index is 497. The van der Waals surface area contributed by atoms with Crippen LogP contribution in [0, 0.1) is 0 Å². The molecule has 6 heteroatoms. The predicted molar refractivity (Wildman–Crippen MR) is 48.7 cm³/mol. The summed E-state index contributed by atoms with van der Waals surface area (Å²) in [4.78, 5) is 21.9. The van der Waals surface area contributed by atoms with Crippen LogP contribution >= 0.6 is 0 Å². The molecule has 2 rings (SSSR count). The lowest BCUT2D eigenvalue weighted by atomic mass is 10.5. The fourth-order valence-electron chi connectivity index (χ4n) is 1.27. The maximum absolute atomic E-state index is 11.3. The number of aromatic amines is 1. The highest BCUT2D eigenvalue weighted by Gasteiger charge is 2.08. The summed E-state index contributed by atoms with van der Waals surface area (Å²) < 4.78 is 1.43. The van der Waals surface area contributed by atoms with Gasteiger partial charge >= 0.3 is 5.69 Å². The average molecular weight is 179 g/mol. The Balaban J connectivity index is 2.96. The van der Waals surface area contributed by atoms with Gasteiger partial charge in [0.1, 0.15) is 11.3 Å². The molecule has 0 aliphatic heterocycles. The molecule has 0 saturated carbocycles. The van der Waals surface area contributed by atoms with E-state index in [0.29, 0.717) is 11.5 Å². The van der Waals surface area contributed by atoms with Crippen LogP contribution in [-0.4, -0.2) is 26.6 Å². The second-order valence-electron chi connectivity index (χ2n) is 2.65. The van der Waals surface area contributed by atoms with Crippen molar-refractivity contribution in [3.63, 3.8) is 0 Å². The molecular formula is C7H9N5O. The number of rotatable bonds is 1. The van der Waals surface area contributed by atoms with Gasteiger partial charge in [-0.25, -0.2) is 9.78 Å². The summed E-state index contributed by atoms with van der Waals surface area (Å²) >= 11 is 0. The molecule has 0 radical (unpaired) electrons. The minimum Gasteiger partial charge on any atom is -0.373 e. The minimum atomic E-state index is -0.316. The van der Waals surface area contributed by atoms with Crippen LogP contribution in [0.15, 0.2) is 11.1 Å². The quantitative estimate of drug-likeness (QED) is 0.630. The van der Waals surface area contributed by atoms with Crippen molar-refractivity contribution in [3.05, 3.63) is 16.8 Å². The molecule has 2 aromatic heterocycles. The number of fused-ring (bicyclic) bond motifs is 1. The Morgan fingerprint density at radius 3 is 3.08 bits per heavy atom. The molecule has 2 heterocycles. The zero-order valence-electron chi connectivity index (χ0n) is 7.33. The third-order valence-corrected chi connectivity index (χ3v) is 1.92. The monoisotopic (exact) mass is 179 g/mol. The van der Waals surface area contributed by atoms with Gasteiger partial charge in [0, 0.05) is 14.1 Å². The molecule has 0 aliphatic rings. The Labute approximate surface area is 73.6 Å². The van der Waals surface area contributed by atoms with Crippen molar-refractivity contribution >= 4 is 17.0 Å². The predicted octanol–water partition coefficient (Wildman–Crippen LogP) is -0.302. The molecule has 0 unspecified atom stereocenters. The van der Waals surface area contributed by atoms with Gasteiger partial charge in [0.05, 0.1) is 6.33 Å². The zero-order valence-corrected chi connectivity index (χ0v) is 7.33. The summed E-state index contributed by atoms with van der Waals surface area (Å²) in [6, 6.07) is 0. The molecule has 0 amide bonds. The van der Waals surface area contributed by atoms with Gasteiger partial charge in [0.2, 0.25) is 0 Å². The summed E-state index contributed by atoms with van der Waals surface area (Å²) in [6.07, 6.45) is 1.51. The van der Waals surface area contributed by atoms with E-state index < -0.39 is 0 Å². The van der Waals surface area contributed by atoms with Crippen LogP contribution in [0.1, 0.15) is 0 Å². The Kier molecular flexibility index (Phi) is 1.54. The van der Waals surface area contributed by atoms with E-state index in [2.05, 4.69) is 20.3 Å². The first-order valence-electron chi connectivity index (χ1n) is 3.82. The van der Waals surface area contributed by atoms with Crippen LogP contribution in [-0.2, 0) is 7.05 Å². The van der Waals surface area contributed by atoms with Gasteiger partial charge in [0.15, 0.2) is 5.65 Å². The second kappa shape index (κ2) is 2.58. The van der Waals surface area contributed by atoms with Crippen LogP contribution in [0.2, 0.25) is 0 Å². The molecule has 13 heavy (non-hydrogen) atoms. The Hall–Kier alpha value is -1.85. The molecule has 0 spiro atoms. The number of nitrogens with one attached hydrogen (secondary N) is 2. The van der Waals surface area contributed by atoms with Crippen LogP contribution < -0.4 is 11.0 Å². The largest absolute Gasteiger partial charge is 0.373 e. The van der Waals surface area contributed by atoms with Gasteiger partial charge in [-0.3, -0.25) is 4.57 Å². The van der Waals surface area contributed by atoms with Crippen molar-refractivity contribution in [1.29, 1.82) is 0 Å². The van der Waals surface area contributed by atoms with Crippen LogP contribution in [0.5, 0.6) is 0 Å². The van der Waals surface area contributed by atoms with Crippen molar-refractivity contribution in [3.8, 4) is 0 Å². The molecule has 68 valence electrons. The first-order chi connectivity index (χ1) is 6.24. The lowest BCUT2D eigenvalue weighted by Gasteiger charge is -2.05. The van der Waals surface area contributed by atoms with E-state index in [-0.39, 0.29) is 5.69 Å². The summed E-state index contributed by atoms with van der Waals surface area (Å²) in [5, 5.41) is 2.92. The van der Waals surface area contributed by atoms with E-state index in [1.165, 1.54) is 10.9 Å². The van der Waals surface area contributed by atoms with Crippen molar-refractivity contribution in [1.82, 2.24) is 19.5 Å². The van der Waals surface area contributed by atoms with E-state index in [4.69, 9.17) is 0 Å². The number of anilines is 1. The van der Waals surface area contributed by atoms with Crippen molar-refractivity contribution < 1.29 is 0 Å². The van der Waals surface area contributed by atoms with Crippen LogP contribution in [0.4, 0.5) is 5.82 Å². The Morgan fingerprint density at radius 2 is 2.38 bits per heavy atom. The molecule has 0 atom stereocenters. The van der Waals surface area contributed by atoms with Crippen molar-refractivity contribution in [2.75, 3.05) is 12.4 Å². The Morgan fingerprint density at radius 1 is 1.62 bits per heavy atom. The number of imidazole rings is 1. The standard InChI is InChI=1S/C7H9N5O/c1-8-6-4-5(10-3-9-4)11-7(13)12(6)2/h3,8H,1-2H3,(H,9,10,11,13). The maximum Gasteiger partial charge on any atom is 0.351 e. The van der Waals surface area contributed by atoms with Crippen molar-refractivity contribution in [2.24, 2.45) is 7.05 Å². The first-order valence-corrected chi connectivity index (χ1v) is 3.82. The van der Waals surface area contributed by atoms with E-state index in [1.54, 1.807) is 14.1 Å². The summed E-state index contributed by atoms with van der Waals surface area (Å²) in [7, 11) is 3.40. The molecule has 0 fully saturated rings. The number of aromatic nitrogens is 4. The lowest BCUT2D eigenvalue weighted by Crippen LogP contribution is -2.22. The number of H-pyrrole nitrogens is 1. The smallest absolute Gasteiger partial charge is 0.351 e. The molecule has 0 aliphatic carbocycles. The number of hydrogen-bond donors (Lipinski definition) is 2. The lowest BCUT2D eigenvalue weighted by molar-refractivity contribution is 0.831. The fourth-order valence-corrected chi connectivity index (χ4v) is 1.27. The van der Waals surface area contributed by atoms with Gasteiger partial charge in [-0.05, 0) is 0 Å². The fraction of sp³-hybridized carbons (Fsp3) is 0.286. The van der Waals surface area contributed by atoms with E-state index in [9.17, 15) is 4.79 Å². The summed E-state index contributed by atoms with van der Waals surface area (Å²) in [5.74, 6) is 0.688. The van der Waals surface area contributed by atoms with E-state index in [0.717, 1.165) is 5.52 Å². The summed E-state index contributed by atoms with van der Waals surface area (Å²) in [6.45, 7) is 0. The average Bonchev–Trinajstić information content (AvgIpc) is 2.54. The van der Waals surface area contributed by atoms with Gasteiger partial charge in [-0.1, -0.05) is 0 Å². The first kappa shape index (κ1) is 7.78. The van der Waals surface area contributed by atoms with Crippen LogP contribution in [0.25, 0.3) is 11.2 Å². The zero-order chi connectivity index (χ0) is 9.42. The van der Waals surface area contributed by atoms with Gasteiger partial charge in [-0.2, -0.15) is 4.98 Å². The minimum absolute atomic E-state index is 0.316. The molecule has 2 N–H and O–H groups in total. The molecule has 0 bridgehead atoms. The van der Waals surface area contributed by atoms with Gasteiger partial charge in [-0.15, -0.1) is 0 Å². The normalized spacial score (nSPS) is 10.6. The third kappa shape index (κ3) is 0.986. The topological polar surface area (TPSA) is 75.6 Å². The van der Waals surface area contributed by atoms with E-state index >= 15 is 0 Å². The third-order valence-electron chi connectivity index (χ3n) is 1.92. The molecule has 2 aromatic rings. The van der Waals surface area contributed by atoms with Gasteiger partial charge in [0.25, 0.3) is 0 Å². The SMILES string of the molecule is CNc1c2[nH]cnc2nc(=O)n1C. The molecule has 6 nitrogen and oxygen atoms in total. The van der Waals surface area contributed by atoms with Gasteiger partial charge < -0.3 is 10.3 Å². The maximum atomic E-state index is 11.3. The molecular weight excluding hydrogens is 170 g/mol. The van der Waals surface area contributed by atoms with Crippen LogP contribution in [0.3, 0.4) is 0 Å². The highest BCUT2D eigenvalue weighted by Crippen LogP contribution is 2.13. The van der Waals surface area contributed by atoms with E-state index in [1.807, 2.05) is 0 Å². The molecule has 0 aromatic carbocycles. The number of hydrogen-bond acceptors (Lipinski definition) is 4. The molecule has 0 saturated heterocycles. The highest BCUT2D eigenvalue weighted by molar-refractivity contribution is 5.82. The van der Waals surface area contributed by atoms with Crippen molar-refractivity contribution in [2.45, 2.75) is 0 Å². The second-order valence-corrected chi connectivity index (χ2v) is 2.65. The summed E-state index contributed by atoms with van der Waals surface area (Å²) in [5.41, 5.74) is 0.862. The number of nitrogens with zero attached hydrogens (tertiary/aromatic N) is 3.